The molecular formula is C28H33NO3. The molecule has 1 N–H and O–H groups in total. The second kappa shape index (κ2) is 11.5. The summed E-state index contributed by atoms with van der Waals surface area (Å²) in [5.41, 5.74) is 4.77. The van der Waals surface area contributed by atoms with Crippen LogP contribution in [0.1, 0.15) is 65.3 Å². The molecule has 3 aromatic carbocycles. The van der Waals surface area contributed by atoms with Crippen LogP contribution in [0.15, 0.2) is 66.7 Å². The summed E-state index contributed by atoms with van der Waals surface area (Å²) in [5, 5.41) is 3.56. The second-order valence-corrected chi connectivity index (χ2v) is 7.71. The number of esters is 1. The van der Waals surface area contributed by atoms with Crippen molar-refractivity contribution in [1.29, 1.82) is 0 Å². The van der Waals surface area contributed by atoms with Gasteiger partial charge in [0.05, 0.1) is 0 Å². The van der Waals surface area contributed by atoms with E-state index in [4.69, 9.17) is 9.47 Å². The van der Waals surface area contributed by atoms with Gasteiger partial charge in [-0.3, -0.25) is 0 Å². The number of carbonyl (C=O) groups is 1. The smallest absolute Gasteiger partial charge is 0.347 e. The monoisotopic (exact) mass is 431 g/mol. The standard InChI is InChI=1S/C26H27NO3.C2H6/c1-18-19(2)25(26(28)30-21-12-7-4-8-13-21)24(16-22(18)23-14-9-15-27-23)29-17-20-10-5-3-6-11-20;1-2/h3-8,10-13,16,23,27H,9,14-15,17H2,1-2H3;1-2H3. The summed E-state index contributed by atoms with van der Waals surface area (Å²) in [7, 11) is 0. The van der Waals surface area contributed by atoms with Gasteiger partial charge in [0.1, 0.15) is 23.7 Å². The molecule has 1 aliphatic rings. The number of carbonyl (C=O) groups excluding carboxylic acids is 1. The van der Waals surface area contributed by atoms with Gasteiger partial charge in [0.2, 0.25) is 0 Å². The summed E-state index contributed by atoms with van der Waals surface area (Å²) in [4.78, 5) is 13.1. The number of hydrogen-bond acceptors (Lipinski definition) is 4. The lowest BCUT2D eigenvalue weighted by Gasteiger charge is -2.21. The average molecular weight is 432 g/mol. The Morgan fingerprint density at radius 2 is 1.62 bits per heavy atom. The Labute approximate surface area is 191 Å². The van der Waals surface area contributed by atoms with Gasteiger partial charge >= 0.3 is 5.97 Å². The van der Waals surface area contributed by atoms with Crippen LogP contribution >= 0.6 is 0 Å². The van der Waals surface area contributed by atoms with E-state index in [0.717, 1.165) is 36.1 Å². The number of ether oxygens (including phenoxy) is 2. The van der Waals surface area contributed by atoms with E-state index in [1.54, 1.807) is 12.1 Å². The third-order valence-electron chi connectivity index (χ3n) is 5.73. The lowest BCUT2D eigenvalue weighted by molar-refractivity contribution is 0.0728. The molecule has 32 heavy (non-hydrogen) atoms. The van der Waals surface area contributed by atoms with Crippen LogP contribution < -0.4 is 14.8 Å². The molecule has 0 aliphatic carbocycles. The molecule has 0 amide bonds. The summed E-state index contributed by atoms with van der Waals surface area (Å²) in [6.45, 7) is 9.46. The van der Waals surface area contributed by atoms with Crippen molar-refractivity contribution in [3.8, 4) is 11.5 Å². The Kier molecular flexibility index (Phi) is 8.46. The van der Waals surface area contributed by atoms with Crippen LogP contribution in [0.25, 0.3) is 0 Å². The molecule has 0 bridgehead atoms. The predicted octanol–water partition coefficient (Wildman–Crippen LogP) is 6.55. The molecule has 1 saturated heterocycles. The Morgan fingerprint density at radius 1 is 0.969 bits per heavy atom. The maximum absolute atomic E-state index is 13.1. The predicted molar refractivity (Wildman–Crippen MR) is 129 cm³/mol. The van der Waals surface area contributed by atoms with E-state index < -0.39 is 5.97 Å². The minimum Gasteiger partial charge on any atom is -0.488 e. The molecule has 1 heterocycles. The normalized spacial score (nSPS) is 14.9. The first-order valence-electron chi connectivity index (χ1n) is 11.4. The number of para-hydroxylation sites is 1. The van der Waals surface area contributed by atoms with Crippen molar-refractivity contribution in [2.45, 2.75) is 53.2 Å². The van der Waals surface area contributed by atoms with Gasteiger partial charge in [-0.2, -0.15) is 0 Å². The average Bonchev–Trinajstić information content (AvgIpc) is 3.37. The van der Waals surface area contributed by atoms with Gasteiger partial charge in [-0.1, -0.05) is 62.4 Å². The molecule has 1 fully saturated rings. The molecule has 4 rings (SSSR count). The minimum absolute atomic E-state index is 0.293. The molecule has 1 unspecified atom stereocenters. The van der Waals surface area contributed by atoms with Crippen molar-refractivity contribution in [1.82, 2.24) is 5.32 Å². The zero-order valence-electron chi connectivity index (χ0n) is 19.5. The van der Waals surface area contributed by atoms with Gasteiger partial charge in [-0.15, -0.1) is 0 Å². The number of nitrogens with one attached hydrogen (secondary N) is 1. The SMILES string of the molecule is CC.Cc1c(C2CCCN2)cc(OCc2ccccc2)c(C(=O)Oc2ccccc2)c1C. The Morgan fingerprint density at radius 3 is 2.25 bits per heavy atom. The molecule has 3 aromatic rings. The van der Waals surface area contributed by atoms with Crippen LogP contribution in [0.2, 0.25) is 0 Å². The fourth-order valence-corrected chi connectivity index (χ4v) is 3.97. The lowest BCUT2D eigenvalue weighted by Crippen LogP contribution is -2.18. The molecule has 1 aliphatic heterocycles. The van der Waals surface area contributed by atoms with Crippen LogP contribution in [-0.2, 0) is 6.61 Å². The third-order valence-corrected chi connectivity index (χ3v) is 5.73. The van der Waals surface area contributed by atoms with Crippen LogP contribution in [0.5, 0.6) is 11.5 Å². The van der Waals surface area contributed by atoms with Crippen molar-refractivity contribution < 1.29 is 14.3 Å². The van der Waals surface area contributed by atoms with E-state index in [-0.39, 0.29) is 0 Å². The second-order valence-electron chi connectivity index (χ2n) is 7.71. The van der Waals surface area contributed by atoms with Gasteiger partial charge in [0.25, 0.3) is 0 Å². The summed E-state index contributed by atoms with van der Waals surface area (Å²) in [6, 6.07) is 21.4. The fourth-order valence-electron chi connectivity index (χ4n) is 3.97. The van der Waals surface area contributed by atoms with Crippen LogP contribution in [0.3, 0.4) is 0 Å². The van der Waals surface area contributed by atoms with Crippen LogP contribution in [0, 0.1) is 13.8 Å². The number of benzene rings is 3. The minimum atomic E-state index is -0.393. The molecule has 0 spiro atoms. The van der Waals surface area contributed by atoms with Crippen molar-refractivity contribution in [2.75, 3.05) is 6.54 Å². The first-order chi connectivity index (χ1) is 15.6. The van der Waals surface area contributed by atoms with Gasteiger partial charge in [-0.25, -0.2) is 4.79 Å². The maximum atomic E-state index is 13.1. The molecule has 1 atom stereocenters. The lowest BCUT2D eigenvalue weighted by atomic mass is 9.92. The summed E-state index contributed by atoms with van der Waals surface area (Å²) in [6.07, 6.45) is 2.24. The quantitative estimate of drug-likeness (QED) is 0.355. The first kappa shape index (κ1) is 23.6. The maximum Gasteiger partial charge on any atom is 0.347 e. The first-order valence-corrected chi connectivity index (χ1v) is 11.4. The van der Waals surface area contributed by atoms with Gasteiger partial charge < -0.3 is 14.8 Å². The van der Waals surface area contributed by atoms with E-state index in [1.165, 1.54) is 5.56 Å². The van der Waals surface area contributed by atoms with E-state index >= 15 is 0 Å². The molecule has 0 aromatic heterocycles. The van der Waals surface area contributed by atoms with Gasteiger partial charge in [-0.05, 0) is 73.7 Å². The largest absolute Gasteiger partial charge is 0.488 e. The molecule has 4 nitrogen and oxygen atoms in total. The molecule has 0 radical (unpaired) electrons. The van der Waals surface area contributed by atoms with Crippen molar-refractivity contribution in [2.24, 2.45) is 0 Å². The van der Waals surface area contributed by atoms with Crippen LogP contribution in [-0.4, -0.2) is 12.5 Å². The number of hydrogen-bond donors (Lipinski definition) is 1. The van der Waals surface area contributed by atoms with Crippen molar-refractivity contribution in [3.05, 3.63) is 94.5 Å². The van der Waals surface area contributed by atoms with Crippen molar-refractivity contribution in [3.63, 3.8) is 0 Å². The summed E-state index contributed by atoms with van der Waals surface area (Å²) < 4.78 is 11.8. The highest BCUT2D eigenvalue weighted by molar-refractivity contribution is 5.96. The van der Waals surface area contributed by atoms with E-state index in [9.17, 15) is 4.79 Å². The molecular weight excluding hydrogens is 398 g/mol. The van der Waals surface area contributed by atoms with Crippen LogP contribution in [0.4, 0.5) is 0 Å². The van der Waals surface area contributed by atoms with Gasteiger partial charge in [0, 0.05) is 6.04 Å². The molecule has 0 saturated carbocycles. The third kappa shape index (κ3) is 5.57. The van der Waals surface area contributed by atoms with E-state index in [1.807, 2.05) is 75.4 Å². The fraction of sp³-hybridized carbons (Fsp3) is 0.321. The van der Waals surface area contributed by atoms with Gasteiger partial charge in [0.15, 0.2) is 0 Å². The van der Waals surface area contributed by atoms with Crippen molar-refractivity contribution >= 4 is 5.97 Å². The Bertz CT molecular complexity index is 1010. The highest BCUT2D eigenvalue weighted by atomic mass is 16.5. The summed E-state index contributed by atoms with van der Waals surface area (Å²) >= 11 is 0. The molecule has 4 heteroatoms. The highest BCUT2D eigenvalue weighted by Crippen LogP contribution is 2.35. The topological polar surface area (TPSA) is 47.6 Å². The summed E-state index contributed by atoms with van der Waals surface area (Å²) in [5.74, 6) is 0.706. The molecule has 168 valence electrons. The van der Waals surface area contributed by atoms with E-state index in [0.29, 0.717) is 29.7 Å². The highest BCUT2D eigenvalue weighted by Gasteiger charge is 2.26. The van der Waals surface area contributed by atoms with E-state index in [2.05, 4.69) is 12.2 Å². The Balaban J connectivity index is 0.00000141. The number of rotatable bonds is 6. The zero-order valence-corrected chi connectivity index (χ0v) is 19.5. The zero-order chi connectivity index (χ0) is 22.9. The Hall–Kier alpha value is -3.11.